The Labute approximate surface area is 157 Å². The van der Waals surface area contributed by atoms with Gasteiger partial charge in [0.2, 0.25) is 11.8 Å². The number of benzene rings is 1. The molecule has 2 aliphatic rings. The molecule has 27 heavy (non-hydrogen) atoms. The lowest BCUT2D eigenvalue weighted by Crippen LogP contribution is -2.42. The van der Waals surface area contributed by atoms with Gasteiger partial charge in [-0.05, 0) is 43.5 Å². The molecule has 0 aliphatic carbocycles. The van der Waals surface area contributed by atoms with Crippen LogP contribution < -0.4 is 10.6 Å². The van der Waals surface area contributed by atoms with Gasteiger partial charge in [0.1, 0.15) is 5.82 Å². The van der Waals surface area contributed by atoms with Gasteiger partial charge in [0.25, 0.3) is 0 Å². The van der Waals surface area contributed by atoms with Gasteiger partial charge < -0.3 is 15.5 Å². The summed E-state index contributed by atoms with van der Waals surface area (Å²) in [5, 5.41) is 0.797. The molecule has 1 unspecified atom stereocenters. The minimum Gasteiger partial charge on any atom is -0.371 e. The van der Waals surface area contributed by atoms with Gasteiger partial charge in [-0.15, -0.1) is 0 Å². The lowest BCUT2D eigenvalue weighted by molar-refractivity contribution is -0.135. The normalized spacial score (nSPS) is 21.0. The zero-order chi connectivity index (χ0) is 19.0. The zero-order valence-electron chi connectivity index (χ0n) is 15.1. The monoisotopic (exact) mass is 370 g/mol. The molecule has 6 nitrogen and oxygen atoms in total. The summed E-state index contributed by atoms with van der Waals surface area (Å²) in [6.45, 7) is 2.53. The van der Waals surface area contributed by atoms with Crippen LogP contribution in [-0.2, 0) is 9.59 Å². The van der Waals surface area contributed by atoms with Gasteiger partial charge in [-0.25, -0.2) is 4.39 Å². The zero-order valence-corrected chi connectivity index (χ0v) is 15.1. The molecule has 0 bridgehead atoms. The second-order valence-electron chi connectivity index (χ2n) is 7.43. The molecule has 2 aromatic rings. The van der Waals surface area contributed by atoms with Crippen molar-refractivity contribution in [1.82, 2.24) is 9.88 Å². The van der Waals surface area contributed by atoms with Crippen LogP contribution in [0.25, 0.3) is 10.9 Å². The molecular weight excluding hydrogens is 347 g/mol. The first kappa shape index (κ1) is 17.7. The van der Waals surface area contributed by atoms with Crippen LogP contribution in [0.3, 0.4) is 0 Å². The second-order valence-corrected chi connectivity index (χ2v) is 7.43. The fourth-order valence-corrected chi connectivity index (χ4v) is 4.20. The molecule has 2 N–H and O–H groups in total. The first-order valence-corrected chi connectivity index (χ1v) is 9.40. The highest BCUT2D eigenvalue weighted by Crippen LogP contribution is 2.31. The van der Waals surface area contributed by atoms with Crippen LogP contribution in [0.15, 0.2) is 30.5 Å². The largest absolute Gasteiger partial charge is 0.371 e. The van der Waals surface area contributed by atoms with E-state index in [1.807, 2.05) is 6.07 Å². The fraction of sp³-hybridized carbons (Fsp3) is 0.450. The van der Waals surface area contributed by atoms with E-state index in [0.717, 1.165) is 42.5 Å². The number of hydrogen-bond donors (Lipinski definition) is 1. The number of nitrogens with zero attached hydrogens (tertiary/aromatic N) is 3. The van der Waals surface area contributed by atoms with Crippen molar-refractivity contribution >= 4 is 28.4 Å². The molecule has 1 atom stereocenters. The van der Waals surface area contributed by atoms with Crippen molar-refractivity contribution in [1.29, 1.82) is 0 Å². The highest BCUT2D eigenvalue weighted by atomic mass is 19.1. The summed E-state index contributed by atoms with van der Waals surface area (Å²) < 4.78 is 13.7. The van der Waals surface area contributed by atoms with Crippen LogP contribution in [-0.4, -0.2) is 47.9 Å². The predicted octanol–water partition coefficient (Wildman–Crippen LogP) is 1.92. The summed E-state index contributed by atoms with van der Waals surface area (Å²) in [6.07, 6.45) is 3.89. The average molecular weight is 370 g/mol. The molecule has 1 aromatic carbocycles. The van der Waals surface area contributed by atoms with Crippen LogP contribution in [0.2, 0.25) is 0 Å². The van der Waals surface area contributed by atoms with Crippen molar-refractivity contribution < 1.29 is 14.0 Å². The maximum absolute atomic E-state index is 13.7. The quantitative estimate of drug-likeness (QED) is 0.895. The summed E-state index contributed by atoms with van der Waals surface area (Å²) >= 11 is 0. The Balaban J connectivity index is 1.43. The smallest absolute Gasteiger partial charge is 0.225 e. The van der Waals surface area contributed by atoms with Crippen molar-refractivity contribution in [2.75, 3.05) is 31.1 Å². The first-order valence-electron chi connectivity index (χ1n) is 9.40. The van der Waals surface area contributed by atoms with E-state index in [-0.39, 0.29) is 29.5 Å². The van der Waals surface area contributed by atoms with E-state index in [2.05, 4.69) is 9.88 Å². The van der Waals surface area contributed by atoms with E-state index in [0.29, 0.717) is 19.5 Å². The fourth-order valence-electron chi connectivity index (χ4n) is 4.20. The van der Waals surface area contributed by atoms with Crippen LogP contribution in [0.1, 0.15) is 19.3 Å². The number of piperidine rings is 1. The molecule has 2 saturated heterocycles. The standard InChI is InChI=1S/C20H23FN4O2/c21-15-1-2-17-16(11-15)18(3-7-23-17)24-8-4-13(5-9-24)20(27)25-10-6-14(12-25)19(22)26/h1-3,7,11,13-14H,4-6,8-10,12H2,(H2,22,26). The molecule has 4 rings (SSSR count). The molecule has 0 spiro atoms. The number of rotatable bonds is 3. The summed E-state index contributed by atoms with van der Waals surface area (Å²) in [5.74, 6) is -0.717. The minimum atomic E-state index is -0.322. The van der Waals surface area contributed by atoms with Crippen molar-refractivity contribution in [2.24, 2.45) is 17.6 Å². The van der Waals surface area contributed by atoms with E-state index < -0.39 is 0 Å². The Bertz CT molecular complexity index is 879. The Morgan fingerprint density at radius 3 is 2.52 bits per heavy atom. The molecule has 2 fully saturated rings. The van der Waals surface area contributed by atoms with Crippen molar-refractivity contribution in [3.63, 3.8) is 0 Å². The molecule has 2 amide bonds. The number of primary amides is 1. The molecule has 1 aromatic heterocycles. The van der Waals surface area contributed by atoms with Gasteiger partial charge in [0, 0.05) is 49.4 Å². The Hall–Kier alpha value is -2.70. The van der Waals surface area contributed by atoms with Crippen LogP contribution >= 0.6 is 0 Å². The second kappa shape index (κ2) is 7.13. The minimum absolute atomic E-state index is 0.0299. The van der Waals surface area contributed by atoms with Gasteiger partial charge in [-0.1, -0.05) is 0 Å². The number of halogens is 1. The average Bonchev–Trinajstić information content (AvgIpc) is 3.18. The van der Waals surface area contributed by atoms with Crippen LogP contribution in [0.4, 0.5) is 10.1 Å². The third kappa shape index (κ3) is 3.46. The highest BCUT2D eigenvalue weighted by molar-refractivity contribution is 5.91. The predicted molar refractivity (Wildman–Crippen MR) is 101 cm³/mol. The number of anilines is 1. The lowest BCUT2D eigenvalue weighted by Gasteiger charge is -2.35. The molecule has 2 aliphatic heterocycles. The Morgan fingerprint density at radius 2 is 1.81 bits per heavy atom. The maximum atomic E-state index is 13.7. The number of nitrogens with two attached hydrogens (primary N) is 1. The lowest BCUT2D eigenvalue weighted by atomic mass is 9.94. The topological polar surface area (TPSA) is 79.5 Å². The number of hydrogen-bond acceptors (Lipinski definition) is 4. The molecule has 7 heteroatoms. The van der Waals surface area contributed by atoms with E-state index in [1.165, 1.54) is 12.1 Å². The van der Waals surface area contributed by atoms with Crippen molar-refractivity contribution in [2.45, 2.75) is 19.3 Å². The van der Waals surface area contributed by atoms with Crippen molar-refractivity contribution in [3.05, 3.63) is 36.3 Å². The van der Waals surface area contributed by atoms with Crippen LogP contribution in [0.5, 0.6) is 0 Å². The SMILES string of the molecule is NC(=O)C1CCN(C(=O)C2CCN(c3ccnc4ccc(F)cc34)CC2)C1. The van der Waals surface area contributed by atoms with Gasteiger partial charge in [0.15, 0.2) is 0 Å². The Kier molecular flexibility index (Phi) is 4.68. The van der Waals surface area contributed by atoms with E-state index in [1.54, 1.807) is 17.2 Å². The van der Waals surface area contributed by atoms with Gasteiger partial charge in [-0.2, -0.15) is 0 Å². The number of carbonyl (C=O) groups excluding carboxylic acids is 2. The first-order chi connectivity index (χ1) is 13.0. The summed E-state index contributed by atoms with van der Waals surface area (Å²) in [5.41, 5.74) is 7.09. The number of pyridine rings is 1. The number of aromatic nitrogens is 1. The third-order valence-corrected chi connectivity index (χ3v) is 5.77. The summed E-state index contributed by atoms with van der Waals surface area (Å²) in [6, 6.07) is 6.53. The highest BCUT2D eigenvalue weighted by Gasteiger charge is 2.34. The van der Waals surface area contributed by atoms with E-state index >= 15 is 0 Å². The molecular formula is C20H23FN4O2. The third-order valence-electron chi connectivity index (χ3n) is 5.77. The number of amides is 2. The Morgan fingerprint density at radius 1 is 1.07 bits per heavy atom. The number of carbonyl (C=O) groups is 2. The van der Waals surface area contributed by atoms with Gasteiger partial charge in [0.05, 0.1) is 11.4 Å². The molecule has 0 radical (unpaired) electrons. The van der Waals surface area contributed by atoms with E-state index in [9.17, 15) is 14.0 Å². The maximum Gasteiger partial charge on any atom is 0.225 e. The van der Waals surface area contributed by atoms with Gasteiger partial charge >= 0.3 is 0 Å². The summed E-state index contributed by atoms with van der Waals surface area (Å²) in [7, 11) is 0. The van der Waals surface area contributed by atoms with E-state index in [4.69, 9.17) is 5.73 Å². The van der Waals surface area contributed by atoms with Crippen LogP contribution in [0, 0.1) is 17.7 Å². The van der Waals surface area contributed by atoms with Crippen molar-refractivity contribution in [3.8, 4) is 0 Å². The molecule has 3 heterocycles. The molecule has 142 valence electrons. The number of fused-ring (bicyclic) bond motifs is 1. The number of likely N-dealkylation sites (tertiary alicyclic amines) is 1. The summed E-state index contributed by atoms with van der Waals surface area (Å²) in [4.78, 5) is 32.4. The van der Waals surface area contributed by atoms with Gasteiger partial charge in [-0.3, -0.25) is 14.6 Å². The molecule has 0 saturated carbocycles.